The molecule has 0 saturated carbocycles. The summed E-state index contributed by atoms with van der Waals surface area (Å²) in [4.78, 5) is 21.1. The molecule has 0 aromatic heterocycles. The summed E-state index contributed by atoms with van der Waals surface area (Å²) in [7, 11) is 0. The fraction of sp³-hybridized carbons (Fsp3) is 0.667. The molecular formula is C6H8Cl2O4. The van der Waals surface area contributed by atoms with Crippen molar-refractivity contribution in [2.24, 2.45) is 0 Å². The first-order chi connectivity index (χ1) is 5.28. The van der Waals surface area contributed by atoms with Gasteiger partial charge in [-0.15, -0.1) is 0 Å². The molecule has 12 heavy (non-hydrogen) atoms. The third-order valence-electron chi connectivity index (χ3n) is 0.868. The lowest BCUT2D eigenvalue weighted by Crippen LogP contribution is -2.38. The molecule has 0 fully saturated rings. The first-order valence-electron chi connectivity index (χ1n) is 3.10. The van der Waals surface area contributed by atoms with E-state index in [0.717, 1.165) is 0 Å². The van der Waals surface area contributed by atoms with E-state index in [1.807, 2.05) is 0 Å². The molecule has 6 heteroatoms. The summed E-state index contributed by atoms with van der Waals surface area (Å²) in [5, 5.41) is 8.36. The Hall–Kier alpha value is -0.480. The summed E-state index contributed by atoms with van der Waals surface area (Å²) >= 11 is 10.3. The molecule has 0 aromatic rings. The lowest BCUT2D eigenvalue weighted by atomic mass is 10.4. The number of carbonyl (C=O) groups is 2. The molecule has 0 radical (unpaired) electrons. The number of aliphatic carboxylic acids is 1. The number of rotatable bonds is 3. The van der Waals surface area contributed by atoms with Gasteiger partial charge in [0.15, 0.2) is 0 Å². The van der Waals surface area contributed by atoms with Crippen LogP contribution in [0.3, 0.4) is 0 Å². The van der Waals surface area contributed by atoms with Gasteiger partial charge in [0, 0.05) is 0 Å². The zero-order valence-electron chi connectivity index (χ0n) is 6.51. The molecule has 0 aliphatic rings. The quantitative estimate of drug-likeness (QED) is 0.436. The van der Waals surface area contributed by atoms with Gasteiger partial charge in [-0.3, -0.25) is 0 Å². The number of halogens is 2. The normalized spacial score (nSPS) is 11.4. The second-order valence-corrected chi connectivity index (χ2v) is 3.66. The van der Waals surface area contributed by atoms with Crippen LogP contribution in [0.15, 0.2) is 0 Å². The molecule has 0 unspecified atom stereocenters. The average molecular weight is 215 g/mol. The molecule has 0 spiro atoms. The molecule has 0 aliphatic heterocycles. The third kappa shape index (κ3) is 2.87. The molecule has 0 aromatic carbocycles. The second-order valence-electron chi connectivity index (χ2n) is 2.33. The third-order valence-corrected chi connectivity index (χ3v) is 1.50. The van der Waals surface area contributed by atoms with Crippen LogP contribution >= 0.6 is 23.2 Å². The van der Waals surface area contributed by atoms with Crippen molar-refractivity contribution in [3.8, 4) is 0 Å². The van der Waals surface area contributed by atoms with Crippen LogP contribution in [0.1, 0.15) is 13.8 Å². The number of carboxylic acids is 1. The SMILES string of the molecule is CC(C)OC(=O)C(Cl)(Cl)C(=O)O. The highest BCUT2D eigenvalue weighted by Crippen LogP contribution is 2.23. The summed E-state index contributed by atoms with van der Waals surface area (Å²) in [6.45, 7) is 3.12. The largest absolute Gasteiger partial charge is 0.479 e. The van der Waals surface area contributed by atoms with Gasteiger partial charge in [-0.1, -0.05) is 23.2 Å². The molecular weight excluding hydrogens is 207 g/mol. The summed E-state index contributed by atoms with van der Waals surface area (Å²) in [6, 6.07) is 0. The minimum atomic E-state index is -2.51. The van der Waals surface area contributed by atoms with E-state index < -0.39 is 22.4 Å². The standard InChI is InChI=1S/C6H8Cl2O4/c1-3(2)12-5(11)6(7,8)4(9)10/h3H,1-2H3,(H,9,10). The number of hydrogen-bond acceptors (Lipinski definition) is 3. The lowest BCUT2D eigenvalue weighted by molar-refractivity contribution is -0.155. The van der Waals surface area contributed by atoms with Gasteiger partial charge in [-0.2, -0.15) is 0 Å². The monoisotopic (exact) mass is 214 g/mol. The van der Waals surface area contributed by atoms with Gasteiger partial charge in [0.1, 0.15) is 0 Å². The highest BCUT2D eigenvalue weighted by atomic mass is 35.5. The van der Waals surface area contributed by atoms with E-state index in [1.54, 1.807) is 13.8 Å². The summed E-state index contributed by atoms with van der Waals surface area (Å²) in [6.07, 6.45) is -0.450. The second kappa shape index (κ2) is 3.96. The summed E-state index contributed by atoms with van der Waals surface area (Å²) < 4.78 is 1.98. The minimum Gasteiger partial charge on any atom is -0.479 e. The maximum Gasteiger partial charge on any atom is 0.354 e. The average Bonchev–Trinajstić information content (AvgIpc) is 1.85. The minimum absolute atomic E-state index is 0.450. The van der Waals surface area contributed by atoms with Crippen molar-refractivity contribution in [2.75, 3.05) is 0 Å². The maximum absolute atomic E-state index is 10.8. The van der Waals surface area contributed by atoms with Gasteiger partial charge in [-0.05, 0) is 13.8 Å². The van der Waals surface area contributed by atoms with E-state index in [0.29, 0.717) is 0 Å². The molecule has 1 N–H and O–H groups in total. The van der Waals surface area contributed by atoms with E-state index in [9.17, 15) is 9.59 Å². The van der Waals surface area contributed by atoms with Crippen LogP contribution in [0.4, 0.5) is 0 Å². The Morgan fingerprint density at radius 3 is 2.08 bits per heavy atom. The number of ether oxygens (including phenoxy) is 1. The van der Waals surface area contributed by atoms with Crippen molar-refractivity contribution < 1.29 is 19.4 Å². The molecule has 0 heterocycles. The number of hydrogen-bond donors (Lipinski definition) is 1. The van der Waals surface area contributed by atoms with E-state index in [-0.39, 0.29) is 0 Å². The zero-order chi connectivity index (χ0) is 9.94. The van der Waals surface area contributed by atoms with Gasteiger partial charge in [-0.25, -0.2) is 9.59 Å². The van der Waals surface area contributed by atoms with Gasteiger partial charge in [0.2, 0.25) is 0 Å². The summed E-state index contributed by atoms with van der Waals surface area (Å²) in [5.74, 6) is -2.81. The smallest absolute Gasteiger partial charge is 0.354 e. The molecule has 70 valence electrons. The van der Waals surface area contributed by atoms with Crippen molar-refractivity contribution in [2.45, 2.75) is 24.3 Å². The first-order valence-corrected chi connectivity index (χ1v) is 3.86. The molecule has 0 saturated heterocycles. The van der Waals surface area contributed by atoms with Crippen LogP contribution in [0.2, 0.25) is 0 Å². The van der Waals surface area contributed by atoms with Crippen LogP contribution in [0, 0.1) is 0 Å². The first kappa shape index (κ1) is 11.5. The Labute approximate surface area is 79.4 Å². The van der Waals surface area contributed by atoms with Crippen molar-refractivity contribution in [1.29, 1.82) is 0 Å². The number of alkyl halides is 2. The van der Waals surface area contributed by atoms with Crippen molar-refractivity contribution in [1.82, 2.24) is 0 Å². The van der Waals surface area contributed by atoms with E-state index in [1.165, 1.54) is 0 Å². The van der Waals surface area contributed by atoms with E-state index in [4.69, 9.17) is 28.3 Å². The predicted octanol–water partition coefficient (Wildman–Crippen LogP) is 1.20. The molecule has 0 bridgehead atoms. The lowest BCUT2D eigenvalue weighted by Gasteiger charge is -2.14. The zero-order valence-corrected chi connectivity index (χ0v) is 8.02. The number of carboxylic acid groups (broad SMARTS) is 1. The van der Waals surface area contributed by atoms with Gasteiger partial charge in [0.05, 0.1) is 6.10 Å². The number of esters is 1. The molecule has 0 aliphatic carbocycles. The fourth-order valence-corrected chi connectivity index (χ4v) is 0.464. The summed E-state index contributed by atoms with van der Waals surface area (Å²) in [5.41, 5.74) is 0. The van der Waals surface area contributed by atoms with Crippen molar-refractivity contribution >= 4 is 35.1 Å². The van der Waals surface area contributed by atoms with Gasteiger partial charge < -0.3 is 9.84 Å². The van der Waals surface area contributed by atoms with Crippen molar-refractivity contribution in [3.05, 3.63) is 0 Å². The Balaban J connectivity index is 4.36. The van der Waals surface area contributed by atoms with Crippen LogP contribution < -0.4 is 0 Å². The Morgan fingerprint density at radius 1 is 1.42 bits per heavy atom. The molecule has 0 atom stereocenters. The Bertz CT molecular complexity index is 200. The molecule has 0 rings (SSSR count). The Kier molecular flexibility index (Phi) is 3.80. The van der Waals surface area contributed by atoms with Crippen LogP contribution in [-0.4, -0.2) is 27.5 Å². The molecule has 4 nitrogen and oxygen atoms in total. The van der Waals surface area contributed by atoms with E-state index in [2.05, 4.69) is 4.74 Å². The van der Waals surface area contributed by atoms with Gasteiger partial charge in [0.25, 0.3) is 0 Å². The van der Waals surface area contributed by atoms with Crippen LogP contribution in [0.5, 0.6) is 0 Å². The highest BCUT2D eigenvalue weighted by Gasteiger charge is 2.44. The highest BCUT2D eigenvalue weighted by molar-refractivity contribution is 6.66. The number of carbonyl (C=O) groups excluding carboxylic acids is 1. The predicted molar refractivity (Wildman–Crippen MR) is 43.3 cm³/mol. The fourth-order valence-electron chi connectivity index (χ4n) is 0.375. The maximum atomic E-state index is 10.8. The van der Waals surface area contributed by atoms with Crippen molar-refractivity contribution in [3.63, 3.8) is 0 Å². The topological polar surface area (TPSA) is 63.6 Å². The Morgan fingerprint density at radius 2 is 1.83 bits per heavy atom. The van der Waals surface area contributed by atoms with Crippen LogP contribution in [0.25, 0.3) is 0 Å². The van der Waals surface area contributed by atoms with Gasteiger partial charge >= 0.3 is 16.3 Å². The van der Waals surface area contributed by atoms with Crippen LogP contribution in [-0.2, 0) is 14.3 Å². The molecule has 0 amide bonds. The van der Waals surface area contributed by atoms with E-state index >= 15 is 0 Å².